The number of ether oxygens (including phenoxy) is 1. The van der Waals surface area contributed by atoms with Crippen LogP contribution in [0.2, 0.25) is 0 Å². The van der Waals surface area contributed by atoms with E-state index in [4.69, 9.17) is 21.4 Å². The van der Waals surface area contributed by atoms with Crippen LogP contribution in [0.15, 0.2) is 54.6 Å². The smallest absolute Gasteiger partial charge is 0.306 e. The van der Waals surface area contributed by atoms with E-state index < -0.39 is 5.97 Å². The van der Waals surface area contributed by atoms with Crippen LogP contribution < -0.4 is 10.1 Å². The summed E-state index contributed by atoms with van der Waals surface area (Å²) in [6.45, 7) is 0.101. The molecule has 0 aliphatic heterocycles. The maximum Gasteiger partial charge on any atom is 0.306 e. The molecule has 0 radical (unpaired) electrons. The van der Waals surface area contributed by atoms with Gasteiger partial charge in [0.15, 0.2) is 5.01 Å². The van der Waals surface area contributed by atoms with Crippen LogP contribution in [0.1, 0.15) is 26.8 Å². The summed E-state index contributed by atoms with van der Waals surface area (Å²) in [5.74, 6) is -0.701. The number of benzene rings is 2. The zero-order valence-corrected chi connectivity index (χ0v) is 16.6. The molecule has 0 aliphatic rings. The largest absolute Gasteiger partial charge is 0.493 e. The van der Waals surface area contributed by atoms with E-state index in [1.54, 1.807) is 42.5 Å². The number of aromatic nitrogens is 2. The second-order valence-corrected chi connectivity index (χ2v) is 7.17. The fourth-order valence-corrected chi connectivity index (χ4v) is 3.17. The molecule has 148 valence electrons. The SMILES string of the molecule is O=C(O)CCOc1ccc(/C=C(\Cl)c2nnc(C(=O)Nc3ccccc3)s2)cc1. The number of carboxylic acids is 1. The molecule has 7 nitrogen and oxygen atoms in total. The molecular formula is C20H16ClN3O4S. The van der Waals surface area contributed by atoms with Crippen LogP contribution in [0, 0.1) is 0 Å². The Morgan fingerprint density at radius 2 is 1.76 bits per heavy atom. The number of carbonyl (C=O) groups excluding carboxylic acids is 1. The summed E-state index contributed by atoms with van der Waals surface area (Å²) in [5.41, 5.74) is 1.47. The molecular weight excluding hydrogens is 414 g/mol. The normalized spacial score (nSPS) is 11.1. The van der Waals surface area contributed by atoms with Gasteiger partial charge < -0.3 is 15.2 Å². The lowest BCUT2D eigenvalue weighted by molar-refractivity contribution is -0.137. The molecule has 9 heteroatoms. The molecule has 2 N–H and O–H groups in total. The van der Waals surface area contributed by atoms with Crippen molar-refractivity contribution in [3.63, 3.8) is 0 Å². The van der Waals surface area contributed by atoms with Gasteiger partial charge >= 0.3 is 5.97 Å². The van der Waals surface area contributed by atoms with Crippen LogP contribution in [0.3, 0.4) is 0 Å². The molecule has 2 aromatic carbocycles. The maximum atomic E-state index is 12.3. The van der Waals surface area contributed by atoms with E-state index in [1.165, 1.54) is 0 Å². The van der Waals surface area contributed by atoms with Gasteiger partial charge in [-0.25, -0.2) is 0 Å². The standard InChI is InChI=1S/C20H16ClN3O4S/c21-16(12-13-6-8-15(9-7-13)28-11-10-17(25)26)19-23-24-20(29-19)18(27)22-14-4-2-1-3-5-14/h1-9,12H,10-11H2,(H,22,27)(H,25,26)/b16-12-. The number of amides is 1. The van der Waals surface area contributed by atoms with Gasteiger partial charge in [-0.3, -0.25) is 9.59 Å². The first kappa shape index (κ1) is 20.5. The molecule has 0 spiro atoms. The first-order valence-electron chi connectivity index (χ1n) is 8.53. The van der Waals surface area contributed by atoms with Gasteiger partial charge in [-0.15, -0.1) is 10.2 Å². The number of carbonyl (C=O) groups is 2. The van der Waals surface area contributed by atoms with Gasteiger partial charge in [0, 0.05) is 5.69 Å². The van der Waals surface area contributed by atoms with Crippen molar-refractivity contribution in [2.75, 3.05) is 11.9 Å². The van der Waals surface area contributed by atoms with E-state index in [-0.39, 0.29) is 23.9 Å². The summed E-state index contributed by atoms with van der Waals surface area (Å²) < 4.78 is 5.34. The van der Waals surface area contributed by atoms with Crippen LogP contribution in [0.5, 0.6) is 5.75 Å². The van der Waals surface area contributed by atoms with Gasteiger partial charge in [0.25, 0.3) is 5.91 Å². The molecule has 0 saturated carbocycles. The Bertz CT molecular complexity index is 1020. The monoisotopic (exact) mass is 429 g/mol. The van der Waals surface area contributed by atoms with E-state index in [0.717, 1.165) is 16.9 Å². The minimum atomic E-state index is -0.912. The molecule has 0 saturated heterocycles. The number of rotatable bonds is 8. The number of nitrogens with zero attached hydrogens (tertiary/aromatic N) is 2. The van der Waals surface area contributed by atoms with E-state index in [9.17, 15) is 9.59 Å². The van der Waals surface area contributed by atoms with Crippen molar-refractivity contribution in [3.05, 3.63) is 70.2 Å². The molecule has 1 amide bonds. The molecule has 3 aromatic rings. The summed E-state index contributed by atoms with van der Waals surface area (Å²) in [6.07, 6.45) is 1.63. The fraction of sp³-hybridized carbons (Fsp3) is 0.100. The summed E-state index contributed by atoms with van der Waals surface area (Å²) in [4.78, 5) is 22.8. The van der Waals surface area contributed by atoms with Crippen LogP contribution >= 0.6 is 22.9 Å². The third-order valence-corrected chi connectivity index (χ3v) is 4.97. The molecule has 0 atom stereocenters. The topological polar surface area (TPSA) is 101 Å². The van der Waals surface area contributed by atoms with Crippen LogP contribution in [-0.2, 0) is 4.79 Å². The van der Waals surface area contributed by atoms with Gasteiger partial charge in [0.05, 0.1) is 18.1 Å². The first-order valence-corrected chi connectivity index (χ1v) is 9.73. The molecule has 0 aliphatic carbocycles. The Kier molecular flexibility index (Phi) is 6.94. The number of halogens is 1. The number of hydrogen-bond donors (Lipinski definition) is 2. The molecule has 1 aromatic heterocycles. The molecule has 29 heavy (non-hydrogen) atoms. The van der Waals surface area contributed by atoms with Gasteiger partial charge in [-0.2, -0.15) is 0 Å². The van der Waals surface area contributed by atoms with Crippen LogP contribution in [0.25, 0.3) is 11.1 Å². The average Bonchev–Trinajstić information content (AvgIpc) is 3.20. The van der Waals surface area contributed by atoms with Gasteiger partial charge in [0.2, 0.25) is 5.01 Å². The highest BCUT2D eigenvalue weighted by Crippen LogP contribution is 2.26. The van der Waals surface area contributed by atoms with Crippen molar-refractivity contribution in [2.45, 2.75) is 6.42 Å². The van der Waals surface area contributed by atoms with Crippen LogP contribution in [-0.4, -0.2) is 33.8 Å². The number of hydrogen-bond acceptors (Lipinski definition) is 6. The van der Waals surface area contributed by atoms with Crippen LogP contribution in [0.4, 0.5) is 5.69 Å². The van der Waals surface area contributed by atoms with Gasteiger partial charge in [-0.1, -0.05) is 53.3 Å². The minimum Gasteiger partial charge on any atom is -0.493 e. The van der Waals surface area contributed by atoms with E-state index >= 15 is 0 Å². The predicted octanol–water partition coefficient (Wildman–Crippen LogP) is 4.38. The summed E-state index contributed by atoms with van der Waals surface area (Å²) in [7, 11) is 0. The van der Waals surface area contributed by atoms with Crippen molar-refractivity contribution in [3.8, 4) is 5.75 Å². The maximum absolute atomic E-state index is 12.3. The van der Waals surface area contributed by atoms with Crippen molar-refractivity contribution in [2.24, 2.45) is 0 Å². The third-order valence-electron chi connectivity index (χ3n) is 3.61. The number of carboxylic acid groups (broad SMARTS) is 1. The van der Waals surface area contributed by atoms with Crippen molar-refractivity contribution in [1.29, 1.82) is 0 Å². The fourth-order valence-electron chi connectivity index (χ4n) is 2.24. The highest BCUT2D eigenvalue weighted by atomic mass is 35.5. The second kappa shape index (κ2) is 9.81. The van der Waals surface area contributed by atoms with Crippen molar-refractivity contribution >= 4 is 51.6 Å². The summed E-state index contributed by atoms with van der Waals surface area (Å²) >= 11 is 7.41. The summed E-state index contributed by atoms with van der Waals surface area (Å²) in [6, 6.07) is 16.1. The predicted molar refractivity (Wildman–Crippen MR) is 112 cm³/mol. The Morgan fingerprint density at radius 3 is 2.45 bits per heavy atom. The lowest BCUT2D eigenvalue weighted by Crippen LogP contribution is -2.11. The zero-order valence-electron chi connectivity index (χ0n) is 15.0. The van der Waals surface area contributed by atoms with Gasteiger partial charge in [0.1, 0.15) is 5.75 Å². The van der Waals surface area contributed by atoms with Crippen molar-refractivity contribution < 1.29 is 19.4 Å². The Morgan fingerprint density at radius 1 is 1.07 bits per heavy atom. The Balaban J connectivity index is 1.63. The molecule has 0 fully saturated rings. The Labute approximate surface area is 175 Å². The van der Waals surface area contributed by atoms with E-state index in [1.807, 2.05) is 18.2 Å². The van der Waals surface area contributed by atoms with E-state index in [0.29, 0.717) is 21.5 Å². The quantitative estimate of drug-likeness (QED) is 0.551. The Hall–Kier alpha value is -3.23. The average molecular weight is 430 g/mol. The first-order chi connectivity index (χ1) is 14.0. The molecule has 0 bridgehead atoms. The molecule has 3 rings (SSSR count). The zero-order chi connectivity index (χ0) is 20.6. The highest BCUT2D eigenvalue weighted by Gasteiger charge is 2.14. The van der Waals surface area contributed by atoms with E-state index in [2.05, 4.69) is 15.5 Å². The third kappa shape index (κ3) is 6.13. The lowest BCUT2D eigenvalue weighted by Gasteiger charge is -2.04. The molecule has 0 unspecified atom stereocenters. The molecule has 1 heterocycles. The number of para-hydroxylation sites is 1. The number of nitrogens with one attached hydrogen (secondary N) is 1. The number of aliphatic carboxylic acids is 1. The highest BCUT2D eigenvalue weighted by molar-refractivity contribution is 7.15. The second-order valence-electron chi connectivity index (χ2n) is 5.79. The number of anilines is 1. The lowest BCUT2D eigenvalue weighted by atomic mass is 10.2. The van der Waals surface area contributed by atoms with Crippen molar-refractivity contribution in [1.82, 2.24) is 10.2 Å². The summed E-state index contributed by atoms with van der Waals surface area (Å²) in [5, 5.41) is 20.2. The minimum absolute atomic E-state index is 0.0648. The van der Waals surface area contributed by atoms with Gasteiger partial charge in [-0.05, 0) is 35.9 Å².